The summed E-state index contributed by atoms with van der Waals surface area (Å²) in [6.45, 7) is 4.13. The van der Waals surface area contributed by atoms with Crippen molar-refractivity contribution in [1.82, 2.24) is 4.90 Å². The van der Waals surface area contributed by atoms with E-state index in [9.17, 15) is 8.42 Å². The van der Waals surface area contributed by atoms with E-state index in [-0.39, 0.29) is 23.6 Å². The van der Waals surface area contributed by atoms with Crippen LogP contribution in [0.4, 0.5) is 0 Å². The molecule has 2 N–H and O–H groups in total. The molecule has 0 aromatic rings. The molecule has 2 heterocycles. The van der Waals surface area contributed by atoms with Gasteiger partial charge in [0.25, 0.3) is 0 Å². The molecule has 0 spiro atoms. The van der Waals surface area contributed by atoms with Crippen LogP contribution in [0.15, 0.2) is 0 Å². The van der Waals surface area contributed by atoms with Gasteiger partial charge >= 0.3 is 0 Å². The molecule has 15 heavy (non-hydrogen) atoms. The molecule has 88 valence electrons. The van der Waals surface area contributed by atoms with E-state index in [2.05, 4.69) is 11.8 Å². The third-order valence-electron chi connectivity index (χ3n) is 3.11. The van der Waals surface area contributed by atoms with Gasteiger partial charge in [0.1, 0.15) is 0 Å². The average Bonchev–Trinajstić information content (AvgIpc) is 2.40. The molecule has 2 fully saturated rings. The summed E-state index contributed by atoms with van der Waals surface area (Å²) >= 11 is 1.95. The summed E-state index contributed by atoms with van der Waals surface area (Å²) < 4.78 is 22.9. The van der Waals surface area contributed by atoms with E-state index in [4.69, 9.17) is 5.73 Å². The molecule has 4 nitrogen and oxygen atoms in total. The van der Waals surface area contributed by atoms with Crippen molar-refractivity contribution in [2.45, 2.75) is 24.3 Å². The van der Waals surface area contributed by atoms with Crippen molar-refractivity contribution in [3.05, 3.63) is 0 Å². The minimum Gasteiger partial charge on any atom is -0.325 e. The average molecular weight is 250 g/mol. The van der Waals surface area contributed by atoms with Crippen molar-refractivity contribution in [1.29, 1.82) is 0 Å². The Bertz CT molecular complexity index is 331. The summed E-state index contributed by atoms with van der Waals surface area (Å²) in [4.78, 5) is 2.26. The van der Waals surface area contributed by atoms with Gasteiger partial charge in [0.05, 0.1) is 11.5 Å². The van der Waals surface area contributed by atoms with Crippen LogP contribution >= 0.6 is 11.8 Å². The minimum atomic E-state index is -2.88. The van der Waals surface area contributed by atoms with Gasteiger partial charge in [-0.25, -0.2) is 8.42 Å². The second-order valence-corrected chi connectivity index (χ2v) is 8.18. The number of hydrogen-bond donors (Lipinski definition) is 1. The highest BCUT2D eigenvalue weighted by atomic mass is 32.2. The Hall–Kier alpha value is 0.220. The molecule has 0 aliphatic carbocycles. The molecule has 0 saturated carbocycles. The molecule has 3 unspecified atom stereocenters. The molecule has 0 aromatic carbocycles. The zero-order valence-electron chi connectivity index (χ0n) is 8.93. The fourth-order valence-corrected chi connectivity index (χ4v) is 5.34. The monoisotopic (exact) mass is 250 g/mol. The Morgan fingerprint density at radius 3 is 2.67 bits per heavy atom. The predicted molar refractivity (Wildman–Crippen MR) is 63.9 cm³/mol. The SMILES string of the molecule is CC1CN(C2CS(=O)(=O)CC2N)CCS1. The Morgan fingerprint density at radius 1 is 1.40 bits per heavy atom. The van der Waals surface area contributed by atoms with Gasteiger partial charge in [0.15, 0.2) is 9.84 Å². The Kier molecular flexibility index (Phi) is 3.30. The van der Waals surface area contributed by atoms with Crippen LogP contribution in [0.2, 0.25) is 0 Å². The van der Waals surface area contributed by atoms with E-state index in [0.29, 0.717) is 5.25 Å². The first-order valence-corrected chi connectivity index (χ1v) is 8.16. The van der Waals surface area contributed by atoms with Crippen LogP contribution in [0.5, 0.6) is 0 Å². The van der Waals surface area contributed by atoms with E-state index >= 15 is 0 Å². The molecular formula is C9H18N2O2S2. The molecule has 6 heteroatoms. The van der Waals surface area contributed by atoms with Gasteiger partial charge in [-0.1, -0.05) is 6.92 Å². The molecule has 2 saturated heterocycles. The summed E-state index contributed by atoms with van der Waals surface area (Å²) in [5, 5.41) is 0.592. The second kappa shape index (κ2) is 4.24. The van der Waals surface area contributed by atoms with Crippen molar-refractivity contribution >= 4 is 21.6 Å². The number of nitrogens with zero attached hydrogens (tertiary/aromatic N) is 1. The van der Waals surface area contributed by atoms with Crippen molar-refractivity contribution < 1.29 is 8.42 Å². The predicted octanol–water partition coefficient (Wildman–Crippen LogP) is -0.452. The molecule has 3 atom stereocenters. The maximum Gasteiger partial charge on any atom is 0.153 e. The molecule has 0 amide bonds. The number of hydrogen-bond acceptors (Lipinski definition) is 5. The van der Waals surface area contributed by atoms with Crippen molar-refractivity contribution in [3.8, 4) is 0 Å². The largest absolute Gasteiger partial charge is 0.325 e. The first-order chi connectivity index (χ1) is 6.98. The molecule has 0 radical (unpaired) electrons. The van der Waals surface area contributed by atoms with Crippen LogP contribution in [0.25, 0.3) is 0 Å². The van der Waals surface area contributed by atoms with Crippen molar-refractivity contribution in [2.75, 3.05) is 30.3 Å². The van der Waals surface area contributed by atoms with Crippen molar-refractivity contribution in [3.63, 3.8) is 0 Å². The Morgan fingerprint density at radius 2 is 2.13 bits per heavy atom. The van der Waals surface area contributed by atoms with Gasteiger partial charge < -0.3 is 5.73 Å². The second-order valence-electron chi connectivity index (χ2n) is 4.48. The third-order valence-corrected chi connectivity index (χ3v) is 5.99. The van der Waals surface area contributed by atoms with E-state index < -0.39 is 9.84 Å². The molecule has 2 aliphatic rings. The van der Waals surface area contributed by atoms with E-state index in [0.717, 1.165) is 18.8 Å². The lowest BCUT2D eigenvalue weighted by atomic mass is 10.1. The van der Waals surface area contributed by atoms with Gasteiger partial charge in [-0.3, -0.25) is 4.90 Å². The summed E-state index contributed by atoms with van der Waals surface area (Å²) in [6, 6.07) is -0.136. The lowest BCUT2D eigenvalue weighted by molar-refractivity contribution is 0.207. The first kappa shape index (κ1) is 11.7. The maximum absolute atomic E-state index is 11.5. The van der Waals surface area contributed by atoms with Crippen LogP contribution in [0.3, 0.4) is 0 Å². The van der Waals surface area contributed by atoms with Gasteiger partial charge in [0, 0.05) is 36.2 Å². The number of sulfone groups is 1. The number of rotatable bonds is 1. The smallest absolute Gasteiger partial charge is 0.153 e. The van der Waals surface area contributed by atoms with Gasteiger partial charge in [-0.15, -0.1) is 0 Å². The molecule has 2 rings (SSSR count). The highest BCUT2D eigenvalue weighted by molar-refractivity contribution is 8.00. The van der Waals surface area contributed by atoms with Crippen LogP contribution in [-0.2, 0) is 9.84 Å². The van der Waals surface area contributed by atoms with E-state index in [1.165, 1.54) is 0 Å². The minimum absolute atomic E-state index is 0.0540. The lowest BCUT2D eigenvalue weighted by Crippen LogP contribution is -2.51. The Balaban J connectivity index is 2.04. The van der Waals surface area contributed by atoms with Crippen LogP contribution in [0, 0.1) is 0 Å². The van der Waals surface area contributed by atoms with Crippen LogP contribution < -0.4 is 5.73 Å². The molecular weight excluding hydrogens is 232 g/mol. The van der Waals surface area contributed by atoms with E-state index in [1.54, 1.807) is 0 Å². The summed E-state index contributed by atoms with van der Waals surface area (Å²) in [5.74, 6) is 1.51. The molecule has 0 bridgehead atoms. The van der Waals surface area contributed by atoms with Crippen LogP contribution in [-0.4, -0.2) is 61.0 Å². The Labute approximate surface area is 95.5 Å². The first-order valence-electron chi connectivity index (χ1n) is 5.29. The summed E-state index contributed by atoms with van der Waals surface area (Å²) in [7, 11) is -2.88. The normalized spacial score (nSPS) is 41.9. The maximum atomic E-state index is 11.5. The van der Waals surface area contributed by atoms with Gasteiger partial charge in [-0.05, 0) is 0 Å². The highest BCUT2D eigenvalue weighted by Gasteiger charge is 2.39. The van der Waals surface area contributed by atoms with Crippen LogP contribution in [0.1, 0.15) is 6.92 Å². The number of thioether (sulfide) groups is 1. The highest BCUT2D eigenvalue weighted by Crippen LogP contribution is 2.24. The lowest BCUT2D eigenvalue weighted by Gasteiger charge is -2.36. The molecule has 0 aromatic heterocycles. The standard InChI is InChI=1S/C9H18N2O2S2/c1-7-4-11(2-3-14-7)9-6-15(12,13)5-8(9)10/h7-9H,2-6,10H2,1H3. The van der Waals surface area contributed by atoms with Crippen molar-refractivity contribution in [2.24, 2.45) is 5.73 Å². The van der Waals surface area contributed by atoms with Gasteiger partial charge in [0.2, 0.25) is 0 Å². The number of nitrogens with two attached hydrogens (primary N) is 1. The third kappa shape index (κ3) is 2.67. The zero-order valence-corrected chi connectivity index (χ0v) is 10.6. The zero-order chi connectivity index (χ0) is 11.1. The molecule has 2 aliphatic heterocycles. The fourth-order valence-electron chi connectivity index (χ4n) is 2.38. The quantitative estimate of drug-likeness (QED) is 0.683. The summed E-state index contributed by atoms with van der Waals surface area (Å²) in [5.41, 5.74) is 5.90. The topological polar surface area (TPSA) is 63.4 Å². The van der Waals surface area contributed by atoms with E-state index in [1.807, 2.05) is 11.8 Å². The fraction of sp³-hybridized carbons (Fsp3) is 1.00. The summed E-state index contributed by atoms with van der Waals surface area (Å²) in [6.07, 6.45) is 0. The van der Waals surface area contributed by atoms with Gasteiger partial charge in [-0.2, -0.15) is 11.8 Å².